The fourth-order valence-electron chi connectivity index (χ4n) is 3.68. The highest BCUT2D eigenvalue weighted by Crippen LogP contribution is 2.38. The summed E-state index contributed by atoms with van der Waals surface area (Å²) in [6.07, 6.45) is 10.8. The minimum atomic E-state index is 0.244. The number of aromatic nitrogens is 3. The van der Waals surface area contributed by atoms with Gasteiger partial charge in [-0.05, 0) is 36.8 Å². The molecule has 1 N–H and O–H groups in total. The van der Waals surface area contributed by atoms with E-state index in [0.717, 1.165) is 29.6 Å². The van der Waals surface area contributed by atoms with Gasteiger partial charge in [-0.25, -0.2) is 0 Å². The Morgan fingerprint density at radius 3 is 3.10 bits per heavy atom. The summed E-state index contributed by atoms with van der Waals surface area (Å²) in [6, 6.07) is 4.86. The van der Waals surface area contributed by atoms with Crippen molar-refractivity contribution >= 4 is 0 Å². The van der Waals surface area contributed by atoms with Gasteiger partial charge in [-0.3, -0.25) is 4.98 Å². The van der Waals surface area contributed by atoms with Crippen molar-refractivity contribution < 1.29 is 4.52 Å². The highest BCUT2D eigenvalue weighted by atomic mass is 16.5. The van der Waals surface area contributed by atoms with Crippen molar-refractivity contribution in [2.24, 2.45) is 5.92 Å². The third-order valence-electron chi connectivity index (χ3n) is 4.73. The molecule has 0 aromatic carbocycles. The molecule has 5 heteroatoms. The Morgan fingerprint density at radius 1 is 1.29 bits per heavy atom. The molecule has 0 bridgehead atoms. The number of hydrogen-bond acceptors (Lipinski definition) is 5. The van der Waals surface area contributed by atoms with Crippen LogP contribution in [0.2, 0.25) is 0 Å². The van der Waals surface area contributed by atoms with Gasteiger partial charge in [0.2, 0.25) is 5.89 Å². The first-order valence-electron chi connectivity index (χ1n) is 7.86. The molecule has 1 saturated carbocycles. The topological polar surface area (TPSA) is 63.8 Å². The molecule has 2 aromatic heterocycles. The van der Waals surface area contributed by atoms with Crippen LogP contribution in [0.15, 0.2) is 29.0 Å². The Hall–Kier alpha value is -1.75. The number of pyridine rings is 1. The second kappa shape index (κ2) is 5.56. The lowest BCUT2D eigenvalue weighted by molar-refractivity contribution is 0.324. The molecule has 3 unspecified atom stereocenters. The van der Waals surface area contributed by atoms with Gasteiger partial charge in [-0.1, -0.05) is 24.1 Å². The number of hydrogen-bond donors (Lipinski definition) is 1. The summed E-state index contributed by atoms with van der Waals surface area (Å²) in [5, 5.41) is 7.80. The first kappa shape index (κ1) is 13.0. The molecular weight excluding hydrogens is 264 g/mol. The van der Waals surface area contributed by atoms with Gasteiger partial charge in [-0.2, -0.15) is 4.98 Å². The molecule has 0 spiro atoms. The SMILES string of the molecule is c1cncc(Cc2noc(C3CC4CCCCC4N3)n2)c1. The van der Waals surface area contributed by atoms with E-state index in [-0.39, 0.29) is 6.04 Å². The molecule has 2 fully saturated rings. The first-order valence-corrected chi connectivity index (χ1v) is 7.86. The monoisotopic (exact) mass is 284 g/mol. The van der Waals surface area contributed by atoms with E-state index < -0.39 is 0 Å². The Kier molecular flexibility index (Phi) is 3.43. The van der Waals surface area contributed by atoms with Crippen LogP contribution in [0.25, 0.3) is 0 Å². The maximum Gasteiger partial charge on any atom is 0.243 e. The van der Waals surface area contributed by atoms with Crippen LogP contribution in [0, 0.1) is 5.92 Å². The number of nitrogens with one attached hydrogen (secondary N) is 1. The van der Waals surface area contributed by atoms with Gasteiger partial charge < -0.3 is 9.84 Å². The summed E-state index contributed by atoms with van der Waals surface area (Å²) in [5.41, 5.74) is 1.11. The van der Waals surface area contributed by atoms with Gasteiger partial charge >= 0.3 is 0 Å². The second-order valence-corrected chi connectivity index (χ2v) is 6.19. The van der Waals surface area contributed by atoms with E-state index in [1.54, 1.807) is 6.20 Å². The van der Waals surface area contributed by atoms with Crippen LogP contribution in [0.1, 0.15) is 55.4 Å². The molecule has 1 aliphatic heterocycles. The van der Waals surface area contributed by atoms with Crippen molar-refractivity contribution in [2.45, 2.75) is 50.6 Å². The Balaban J connectivity index is 1.45. The lowest BCUT2D eigenvalue weighted by Gasteiger charge is -2.24. The lowest BCUT2D eigenvalue weighted by Crippen LogP contribution is -2.30. The Morgan fingerprint density at radius 2 is 2.24 bits per heavy atom. The summed E-state index contributed by atoms with van der Waals surface area (Å²) in [4.78, 5) is 8.69. The van der Waals surface area contributed by atoms with E-state index in [4.69, 9.17) is 4.52 Å². The number of fused-ring (bicyclic) bond motifs is 1. The standard InChI is InChI=1S/C16H20N4O/c1-2-6-13-12(5-1)9-14(18-13)16-19-15(20-21-16)8-11-4-3-7-17-10-11/h3-4,7,10,12-14,18H,1-2,5-6,8-9H2. The summed E-state index contributed by atoms with van der Waals surface area (Å²) in [5.74, 6) is 2.29. The average molecular weight is 284 g/mol. The van der Waals surface area contributed by atoms with Crippen LogP contribution in [0.3, 0.4) is 0 Å². The molecule has 3 heterocycles. The van der Waals surface area contributed by atoms with Crippen molar-refractivity contribution in [3.8, 4) is 0 Å². The maximum atomic E-state index is 5.48. The van der Waals surface area contributed by atoms with Crippen molar-refractivity contribution in [2.75, 3.05) is 0 Å². The number of rotatable bonds is 3. The predicted octanol–water partition coefficient (Wildman–Crippen LogP) is 2.65. The van der Waals surface area contributed by atoms with Gasteiger partial charge in [-0.15, -0.1) is 0 Å². The highest BCUT2D eigenvalue weighted by molar-refractivity contribution is 5.14. The van der Waals surface area contributed by atoms with Crippen LogP contribution in [-0.2, 0) is 6.42 Å². The molecule has 2 aliphatic rings. The van der Waals surface area contributed by atoms with E-state index in [1.165, 1.54) is 25.7 Å². The van der Waals surface area contributed by atoms with Gasteiger partial charge in [0.25, 0.3) is 0 Å². The van der Waals surface area contributed by atoms with E-state index in [0.29, 0.717) is 12.5 Å². The average Bonchev–Trinajstić information content (AvgIpc) is 3.14. The van der Waals surface area contributed by atoms with Crippen molar-refractivity contribution in [3.63, 3.8) is 0 Å². The molecule has 0 radical (unpaired) electrons. The fourth-order valence-corrected chi connectivity index (χ4v) is 3.68. The van der Waals surface area contributed by atoms with Gasteiger partial charge in [0.05, 0.1) is 6.04 Å². The summed E-state index contributed by atoms with van der Waals surface area (Å²) >= 11 is 0. The van der Waals surface area contributed by atoms with Crippen LogP contribution >= 0.6 is 0 Å². The molecule has 4 rings (SSSR count). The smallest absolute Gasteiger partial charge is 0.243 e. The summed E-state index contributed by atoms with van der Waals surface area (Å²) in [7, 11) is 0. The number of nitrogens with zero attached hydrogens (tertiary/aromatic N) is 3. The summed E-state index contributed by atoms with van der Waals surface area (Å²) < 4.78 is 5.48. The predicted molar refractivity (Wildman–Crippen MR) is 77.6 cm³/mol. The molecule has 21 heavy (non-hydrogen) atoms. The third-order valence-corrected chi connectivity index (χ3v) is 4.73. The van der Waals surface area contributed by atoms with E-state index in [2.05, 4.69) is 20.4 Å². The highest BCUT2D eigenvalue weighted by Gasteiger charge is 2.38. The van der Waals surface area contributed by atoms with Crippen molar-refractivity contribution in [1.29, 1.82) is 0 Å². The minimum absolute atomic E-state index is 0.244. The van der Waals surface area contributed by atoms with Gasteiger partial charge in [0.1, 0.15) is 0 Å². The quantitative estimate of drug-likeness (QED) is 0.938. The Bertz CT molecular complexity index is 583. The van der Waals surface area contributed by atoms with E-state index >= 15 is 0 Å². The Labute approximate surface area is 124 Å². The van der Waals surface area contributed by atoms with E-state index in [1.807, 2.05) is 18.3 Å². The summed E-state index contributed by atoms with van der Waals surface area (Å²) in [6.45, 7) is 0. The first-order chi connectivity index (χ1) is 10.4. The van der Waals surface area contributed by atoms with Gasteiger partial charge in [0.15, 0.2) is 5.82 Å². The lowest BCUT2D eigenvalue weighted by atomic mass is 9.85. The van der Waals surface area contributed by atoms with Gasteiger partial charge in [0, 0.05) is 24.9 Å². The van der Waals surface area contributed by atoms with Crippen LogP contribution < -0.4 is 5.32 Å². The fraction of sp³-hybridized carbons (Fsp3) is 0.562. The zero-order chi connectivity index (χ0) is 14.1. The molecule has 2 aromatic rings. The van der Waals surface area contributed by atoms with Crippen LogP contribution in [0.5, 0.6) is 0 Å². The normalized spacial score (nSPS) is 28.5. The zero-order valence-corrected chi connectivity index (χ0v) is 12.0. The van der Waals surface area contributed by atoms with Crippen LogP contribution in [-0.4, -0.2) is 21.2 Å². The van der Waals surface area contributed by atoms with E-state index in [9.17, 15) is 0 Å². The molecule has 1 saturated heterocycles. The zero-order valence-electron chi connectivity index (χ0n) is 12.0. The molecule has 5 nitrogen and oxygen atoms in total. The minimum Gasteiger partial charge on any atom is -0.338 e. The molecule has 3 atom stereocenters. The molecule has 0 amide bonds. The third kappa shape index (κ3) is 2.70. The van der Waals surface area contributed by atoms with Crippen molar-refractivity contribution in [3.05, 3.63) is 41.8 Å². The van der Waals surface area contributed by atoms with Crippen LogP contribution in [0.4, 0.5) is 0 Å². The second-order valence-electron chi connectivity index (χ2n) is 6.19. The molecular formula is C16H20N4O. The largest absolute Gasteiger partial charge is 0.338 e. The molecule has 1 aliphatic carbocycles. The van der Waals surface area contributed by atoms with Crippen molar-refractivity contribution in [1.82, 2.24) is 20.4 Å². The molecule has 110 valence electrons. The maximum absolute atomic E-state index is 5.48.